The van der Waals surface area contributed by atoms with E-state index in [2.05, 4.69) is 5.10 Å². The van der Waals surface area contributed by atoms with Gasteiger partial charge < -0.3 is 4.74 Å². The molecule has 0 amide bonds. The summed E-state index contributed by atoms with van der Waals surface area (Å²) in [6.45, 7) is 6.04. The number of halogens is 1. The molecule has 0 bridgehead atoms. The van der Waals surface area contributed by atoms with Crippen molar-refractivity contribution in [3.8, 4) is 11.6 Å². The van der Waals surface area contributed by atoms with Crippen molar-refractivity contribution in [1.29, 1.82) is 0 Å². The Balaban J connectivity index is 1.95. The Morgan fingerprint density at radius 3 is 2.32 bits per heavy atom. The van der Waals surface area contributed by atoms with Crippen LogP contribution in [0.4, 0.5) is 4.39 Å². The maximum atomic E-state index is 13.0. The van der Waals surface area contributed by atoms with Crippen molar-refractivity contribution in [1.82, 2.24) is 9.78 Å². The van der Waals surface area contributed by atoms with Crippen LogP contribution < -0.4 is 4.74 Å². The molecule has 3 rings (SSSR count). The molecule has 0 spiro atoms. The van der Waals surface area contributed by atoms with Gasteiger partial charge in [-0.3, -0.25) is 0 Å². The summed E-state index contributed by atoms with van der Waals surface area (Å²) in [4.78, 5) is 12.4. The molecule has 0 aliphatic rings. The molecule has 0 fully saturated rings. The molecule has 5 heteroatoms. The molecule has 0 saturated heterocycles. The number of carbonyl (C=O) groups excluding carboxylic acids is 1. The van der Waals surface area contributed by atoms with Gasteiger partial charge in [-0.1, -0.05) is 31.5 Å². The molecule has 4 nitrogen and oxygen atoms in total. The van der Waals surface area contributed by atoms with Crippen LogP contribution >= 0.6 is 0 Å². The number of aryl methyl sites for hydroxylation is 1. The predicted molar refractivity (Wildman–Crippen MR) is 93.7 cm³/mol. The molecule has 0 atom stereocenters. The van der Waals surface area contributed by atoms with Crippen molar-refractivity contribution in [2.24, 2.45) is 0 Å². The molecular formula is C20H19FN2O2. The van der Waals surface area contributed by atoms with Crippen LogP contribution in [0.5, 0.6) is 5.88 Å². The fourth-order valence-electron chi connectivity index (χ4n) is 2.35. The highest BCUT2D eigenvalue weighted by atomic mass is 19.1. The molecule has 25 heavy (non-hydrogen) atoms. The molecule has 3 aromatic rings. The first-order valence-corrected chi connectivity index (χ1v) is 8.09. The van der Waals surface area contributed by atoms with E-state index in [1.54, 1.807) is 10.7 Å². The van der Waals surface area contributed by atoms with Gasteiger partial charge in [0.25, 0.3) is 0 Å². The van der Waals surface area contributed by atoms with Gasteiger partial charge in [0.15, 0.2) is 0 Å². The molecule has 0 saturated carbocycles. The minimum atomic E-state index is -0.552. The van der Waals surface area contributed by atoms with E-state index in [0.29, 0.717) is 5.88 Å². The average Bonchev–Trinajstić information content (AvgIpc) is 3.00. The van der Waals surface area contributed by atoms with Crippen LogP contribution in [0.1, 0.15) is 41.4 Å². The molecule has 2 aromatic carbocycles. The summed E-state index contributed by atoms with van der Waals surface area (Å²) in [5.74, 6) is -0.427. The normalized spacial score (nSPS) is 10.9. The van der Waals surface area contributed by atoms with E-state index in [-0.39, 0.29) is 11.5 Å². The number of benzene rings is 2. The molecule has 0 N–H and O–H groups in total. The minimum Gasteiger partial charge on any atom is -0.404 e. The highest BCUT2D eigenvalue weighted by Gasteiger charge is 2.17. The largest absolute Gasteiger partial charge is 0.404 e. The lowest BCUT2D eigenvalue weighted by molar-refractivity contribution is 0.0723. The quantitative estimate of drug-likeness (QED) is 0.650. The van der Waals surface area contributed by atoms with Gasteiger partial charge in [0.2, 0.25) is 5.88 Å². The Morgan fingerprint density at radius 2 is 1.72 bits per heavy atom. The highest BCUT2D eigenvalue weighted by molar-refractivity contribution is 5.90. The second kappa shape index (κ2) is 6.89. The van der Waals surface area contributed by atoms with E-state index < -0.39 is 11.8 Å². The zero-order valence-corrected chi connectivity index (χ0v) is 14.4. The van der Waals surface area contributed by atoms with Gasteiger partial charge in [0, 0.05) is 6.07 Å². The van der Waals surface area contributed by atoms with Crippen LogP contribution in [0, 0.1) is 12.7 Å². The minimum absolute atomic E-state index is 0.190. The molecule has 1 aromatic heterocycles. The fourth-order valence-corrected chi connectivity index (χ4v) is 2.35. The molecule has 0 aliphatic carbocycles. The topological polar surface area (TPSA) is 44.1 Å². The van der Waals surface area contributed by atoms with E-state index in [0.717, 1.165) is 16.9 Å². The van der Waals surface area contributed by atoms with Crippen LogP contribution in [0.25, 0.3) is 5.69 Å². The number of hydrogen-bond donors (Lipinski definition) is 0. The number of carbonyl (C=O) groups is 1. The van der Waals surface area contributed by atoms with Crippen molar-refractivity contribution >= 4 is 5.97 Å². The maximum Gasteiger partial charge on any atom is 0.344 e. The van der Waals surface area contributed by atoms with Crippen molar-refractivity contribution in [3.05, 3.63) is 77.2 Å². The molecule has 0 unspecified atom stereocenters. The Hall–Kier alpha value is -2.95. The third-order valence-corrected chi connectivity index (χ3v) is 3.84. The molecule has 0 aliphatic heterocycles. The lowest BCUT2D eigenvalue weighted by Gasteiger charge is -2.08. The fraction of sp³-hybridized carbons (Fsp3) is 0.200. The predicted octanol–water partition coefficient (Wildman–Crippen LogP) is 4.66. The average molecular weight is 338 g/mol. The van der Waals surface area contributed by atoms with Crippen molar-refractivity contribution < 1.29 is 13.9 Å². The number of nitrogens with zero attached hydrogens (tertiary/aromatic N) is 2. The summed E-state index contributed by atoms with van der Waals surface area (Å²) < 4.78 is 20.2. The summed E-state index contributed by atoms with van der Waals surface area (Å²) in [5.41, 5.74) is 3.04. The smallest absolute Gasteiger partial charge is 0.344 e. The molecule has 1 heterocycles. The summed E-state index contributed by atoms with van der Waals surface area (Å²) in [5, 5.41) is 4.55. The summed E-state index contributed by atoms with van der Waals surface area (Å²) in [6, 6.07) is 14.8. The van der Waals surface area contributed by atoms with Gasteiger partial charge >= 0.3 is 5.97 Å². The lowest BCUT2D eigenvalue weighted by Crippen LogP contribution is -2.11. The Kier molecular flexibility index (Phi) is 4.65. The van der Waals surface area contributed by atoms with Gasteiger partial charge in [0.05, 0.1) is 16.9 Å². The number of esters is 1. The first-order chi connectivity index (χ1) is 11.9. The first kappa shape index (κ1) is 16.9. The van der Waals surface area contributed by atoms with Crippen LogP contribution in [0.3, 0.4) is 0 Å². The second-order valence-corrected chi connectivity index (χ2v) is 6.21. The van der Waals surface area contributed by atoms with E-state index in [4.69, 9.17) is 4.74 Å². The molecule has 0 radical (unpaired) electrons. The van der Waals surface area contributed by atoms with Gasteiger partial charge in [0.1, 0.15) is 5.82 Å². The standard InChI is InChI=1S/C20H19FN2O2/c1-13(2)18-12-19(23(22-18)17-10-4-14(3)5-11-17)25-20(24)15-6-8-16(21)9-7-15/h4-13H,1-3H3. The number of rotatable bonds is 4. The Bertz CT molecular complexity index is 881. The van der Waals surface area contributed by atoms with Gasteiger partial charge in [-0.05, 0) is 49.2 Å². The Labute approximate surface area is 145 Å². The van der Waals surface area contributed by atoms with Crippen molar-refractivity contribution in [2.45, 2.75) is 26.7 Å². The van der Waals surface area contributed by atoms with Crippen LogP contribution in [0.2, 0.25) is 0 Å². The van der Waals surface area contributed by atoms with Gasteiger partial charge in [-0.2, -0.15) is 5.10 Å². The van der Waals surface area contributed by atoms with Crippen molar-refractivity contribution in [2.75, 3.05) is 0 Å². The monoisotopic (exact) mass is 338 g/mol. The van der Waals surface area contributed by atoms with Gasteiger partial charge in [-0.15, -0.1) is 0 Å². The lowest BCUT2D eigenvalue weighted by atomic mass is 10.1. The zero-order valence-electron chi connectivity index (χ0n) is 14.4. The molecular weight excluding hydrogens is 319 g/mol. The van der Waals surface area contributed by atoms with Crippen LogP contribution in [0.15, 0.2) is 54.6 Å². The van der Waals surface area contributed by atoms with E-state index in [1.807, 2.05) is 45.0 Å². The highest BCUT2D eigenvalue weighted by Crippen LogP contribution is 2.25. The summed E-state index contributed by atoms with van der Waals surface area (Å²) >= 11 is 0. The summed E-state index contributed by atoms with van der Waals surface area (Å²) in [7, 11) is 0. The van der Waals surface area contributed by atoms with E-state index >= 15 is 0 Å². The SMILES string of the molecule is Cc1ccc(-n2nc(C(C)C)cc2OC(=O)c2ccc(F)cc2)cc1. The second-order valence-electron chi connectivity index (χ2n) is 6.21. The number of aromatic nitrogens is 2. The van der Waals surface area contributed by atoms with Crippen molar-refractivity contribution in [3.63, 3.8) is 0 Å². The number of ether oxygens (including phenoxy) is 1. The first-order valence-electron chi connectivity index (χ1n) is 8.09. The summed E-state index contributed by atoms with van der Waals surface area (Å²) in [6.07, 6.45) is 0. The number of hydrogen-bond acceptors (Lipinski definition) is 3. The molecule has 128 valence electrons. The maximum absolute atomic E-state index is 13.0. The Morgan fingerprint density at radius 1 is 1.08 bits per heavy atom. The van der Waals surface area contributed by atoms with Crippen LogP contribution in [-0.2, 0) is 0 Å². The van der Waals surface area contributed by atoms with E-state index in [1.165, 1.54) is 24.3 Å². The van der Waals surface area contributed by atoms with Crippen LogP contribution in [-0.4, -0.2) is 15.7 Å². The third-order valence-electron chi connectivity index (χ3n) is 3.84. The van der Waals surface area contributed by atoms with E-state index in [9.17, 15) is 9.18 Å². The van der Waals surface area contributed by atoms with Gasteiger partial charge in [-0.25, -0.2) is 13.9 Å². The zero-order chi connectivity index (χ0) is 18.0. The third kappa shape index (κ3) is 3.76.